The molecular formula is C8H17N3O5S. The zero-order chi connectivity index (χ0) is 13.6. The Labute approximate surface area is 99.5 Å². The van der Waals surface area contributed by atoms with Gasteiger partial charge in [-0.3, -0.25) is 14.1 Å². The maximum absolute atomic E-state index is 11.0. The van der Waals surface area contributed by atoms with Crippen LogP contribution in [0.25, 0.3) is 0 Å². The Morgan fingerprint density at radius 1 is 1.65 bits per heavy atom. The molecule has 0 aromatic rings. The summed E-state index contributed by atoms with van der Waals surface area (Å²) in [6.45, 7) is 0.676. The first-order chi connectivity index (χ1) is 7.61. The van der Waals surface area contributed by atoms with E-state index in [1.807, 2.05) is 0 Å². The Bertz CT molecular complexity index is 373. The molecule has 1 aliphatic rings. The first kappa shape index (κ1) is 15.8. The zero-order valence-corrected chi connectivity index (χ0v) is 10.2. The fourth-order valence-corrected chi connectivity index (χ4v) is 1.29. The number of nitrogens with one attached hydrogen (secondary N) is 1. The minimum atomic E-state index is -3.67. The molecule has 9 heteroatoms. The molecule has 0 aromatic carbocycles. The molecular weight excluding hydrogens is 250 g/mol. The Kier molecular flexibility index (Phi) is 6.07. The van der Waals surface area contributed by atoms with Crippen LogP contribution in [0.2, 0.25) is 0 Å². The lowest BCUT2D eigenvalue weighted by Crippen LogP contribution is -2.39. The van der Waals surface area contributed by atoms with Gasteiger partial charge in [-0.15, -0.1) is 0 Å². The van der Waals surface area contributed by atoms with Crippen LogP contribution in [0.3, 0.4) is 0 Å². The maximum Gasteiger partial charge on any atom is 0.261 e. The number of carbonyl (C=O) groups excluding carboxylic acids is 2. The van der Waals surface area contributed by atoms with Crippen LogP contribution in [0.4, 0.5) is 0 Å². The highest BCUT2D eigenvalue weighted by molar-refractivity contribution is 7.85. The van der Waals surface area contributed by atoms with E-state index >= 15 is 0 Å². The van der Waals surface area contributed by atoms with Crippen LogP contribution in [-0.2, 0) is 19.7 Å². The molecule has 1 saturated heterocycles. The summed E-state index contributed by atoms with van der Waals surface area (Å²) in [6, 6.07) is -0.696. The normalized spacial score (nSPS) is 21.1. The summed E-state index contributed by atoms with van der Waals surface area (Å²) in [7, 11) is -3.67. The molecule has 0 bridgehead atoms. The molecule has 1 fully saturated rings. The fourth-order valence-electron chi connectivity index (χ4n) is 1.29. The van der Waals surface area contributed by atoms with E-state index in [1.165, 1.54) is 0 Å². The van der Waals surface area contributed by atoms with Gasteiger partial charge in [0.25, 0.3) is 10.1 Å². The van der Waals surface area contributed by atoms with Gasteiger partial charge in [0.05, 0.1) is 12.3 Å². The molecule has 0 aliphatic carbocycles. The van der Waals surface area contributed by atoms with Gasteiger partial charge in [0, 0.05) is 12.5 Å². The average molecular weight is 267 g/mol. The summed E-state index contributed by atoms with van der Waals surface area (Å²) < 4.78 is 25.9. The average Bonchev–Trinajstić information content (AvgIpc) is 2.48. The monoisotopic (exact) mass is 267 g/mol. The highest BCUT2D eigenvalue weighted by Crippen LogP contribution is 2.14. The molecule has 8 nitrogen and oxygen atoms in total. The van der Waals surface area contributed by atoms with Gasteiger partial charge in [-0.1, -0.05) is 0 Å². The van der Waals surface area contributed by atoms with Crippen LogP contribution >= 0.6 is 0 Å². The van der Waals surface area contributed by atoms with Crippen LogP contribution in [0.15, 0.2) is 0 Å². The smallest absolute Gasteiger partial charge is 0.261 e. The first-order valence-electron chi connectivity index (χ1n) is 4.86. The van der Waals surface area contributed by atoms with Gasteiger partial charge >= 0.3 is 0 Å². The van der Waals surface area contributed by atoms with Crippen LogP contribution < -0.4 is 16.8 Å². The summed E-state index contributed by atoms with van der Waals surface area (Å²) in [4.78, 5) is 21.6. The van der Waals surface area contributed by atoms with E-state index in [4.69, 9.17) is 16.0 Å². The van der Waals surface area contributed by atoms with E-state index in [-0.39, 0.29) is 11.8 Å². The fraction of sp³-hybridized carbons (Fsp3) is 0.750. The highest BCUT2D eigenvalue weighted by atomic mass is 32.2. The number of rotatable bonds is 3. The van der Waals surface area contributed by atoms with Crippen LogP contribution in [0.5, 0.6) is 0 Å². The van der Waals surface area contributed by atoms with Crippen molar-refractivity contribution in [2.45, 2.75) is 18.9 Å². The van der Waals surface area contributed by atoms with Crippen molar-refractivity contribution >= 4 is 21.9 Å². The standard InChI is InChI=1S/C7H13N3O2.CH4O3S/c8-5(6(9)11)3-4-1-2-10-7(4)12;1-5(2,3)4/h4-5H,1-3,8H2,(H2,9,11)(H,10,12);1H3,(H,2,3,4)/t4-,5-;/m0./s1. The molecule has 0 unspecified atom stereocenters. The quantitative estimate of drug-likeness (QED) is 0.427. The van der Waals surface area contributed by atoms with Crippen molar-refractivity contribution < 1.29 is 22.6 Å². The topological polar surface area (TPSA) is 153 Å². The highest BCUT2D eigenvalue weighted by Gasteiger charge is 2.27. The van der Waals surface area contributed by atoms with E-state index < -0.39 is 22.1 Å². The summed E-state index contributed by atoms with van der Waals surface area (Å²) in [6.07, 6.45) is 1.83. The van der Waals surface area contributed by atoms with Crippen LogP contribution in [0, 0.1) is 5.92 Å². The summed E-state index contributed by atoms with van der Waals surface area (Å²) in [5, 5.41) is 2.67. The Balaban J connectivity index is 0.000000437. The Hall–Kier alpha value is -1.19. The number of hydrogen-bond donors (Lipinski definition) is 4. The second-order valence-corrected chi connectivity index (χ2v) is 5.22. The molecule has 0 saturated carbocycles. The van der Waals surface area contributed by atoms with Crippen LogP contribution in [0.1, 0.15) is 12.8 Å². The third-order valence-corrected chi connectivity index (χ3v) is 2.07. The predicted octanol–water partition coefficient (Wildman–Crippen LogP) is -2.17. The van der Waals surface area contributed by atoms with Gasteiger partial charge in [0.1, 0.15) is 0 Å². The molecule has 17 heavy (non-hydrogen) atoms. The van der Waals surface area contributed by atoms with Crippen molar-refractivity contribution in [3.8, 4) is 0 Å². The molecule has 0 radical (unpaired) electrons. The molecule has 1 aliphatic heterocycles. The lowest BCUT2D eigenvalue weighted by molar-refractivity contribution is -0.123. The SMILES string of the molecule is CS(=O)(=O)O.NC(=O)[C@@H](N)C[C@@H]1CCNC1=O. The van der Waals surface area contributed by atoms with E-state index in [0.29, 0.717) is 19.2 Å². The number of carbonyl (C=O) groups is 2. The molecule has 1 heterocycles. The summed E-state index contributed by atoms with van der Waals surface area (Å²) in [5.74, 6) is -0.700. The molecule has 100 valence electrons. The van der Waals surface area contributed by atoms with Gasteiger partial charge in [-0.25, -0.2) is 0 Å². The van der Waals surface area contributed by atoms with Crippen molar-refractivity contribution in [3.63, 3.8) is 0 Å². The van der Waals surface area contributed by atoms with Gasteiger partial charge in [-0.05, 0) is 12.8 Å². The summed E-state index contributed by atoms with van der Waals surface area (Å²) in [5.41, 5.74) is 10.4. The molecule has 0 aromatic heterocycles. The van der Waals surface area contributed by atoms with Gasteiger partial charge in [-0.2, -0.15) is 8.42 Å². The minimum Gasteiger partial charge on any atom is -0.368 e. The molecule has 6 N–H and O–H groups in total. The number of hydrogen-bond acceptors (Lipinski definition) is 5. The Morgan fingerprint density at radius 3 is 2.41 bits per heavy atom. The van der Waals surface area contributed by atoms with Crippen molar-refractivity contribution in [2.75, 3.05) is 12.8 Å². The second-order valence-electron chi connectivity index (χ2n) is 3.75. The van der Waals surface area contributed by atoms with Crippen molar-refractivity contribution in [1.29, 1.82) is 0 Å². The van der Waals surface area contributed by atoms with Crippen molar-refractivity contribution in [1.82, 2.24) is 5.32 Å². The third-order valence-electron chi connectivity index (χ3n) is 2.07. The molecule has 0 spiro atoms. The van der Waals surface area contributed by atoms with Crippen LogP contribution in [-0.4, -0.2) is 43.6 Å². The zero-order valence-electron chi connectivity index (χ0n) is 9.42. The maximum atomic E-state index is 11.0. The second kappa shape index (κ2) is 6.52. The van der Waals surface area contributed by atoms with Gasteiger partial charge < -0.3 is 16.8 Å². The van der Waals surface area contributed by atoms with E-state index in [0.717, 1.165) is 6.42 Å². The van der Waals surface area contributed by atoms with E-state index in [2.05, 4.69) is 5.32 Å². The minimum absolute atomic E-state index is 0.0216. The third kappa shape index (κ3) is 8.60. The molecule has 1 rings (SSSR count). The molecule has 2 atom stereocenters. The lowest BCUT2D eigenvalue weighted by Gasteiger charge is -2.10. The number of amides is 2. The Morgan fingerprint density at radius 2 is 2.12 bits per heavy atom. The van der Waals surface area contributed by atoms with Crippen molar-refractivity contribution in [3.05, 3.63) is 0 Å². The number of primary amides is 1. The van der Waals surface area contributed by atoms with Crippen molar-refractivity contribution in [2.24, 2.45) is 17.4 Å². The van der Waals surface area contributed by atoms with Gasteiger partial charge in [0.15, 0.2) is 0 Å². The number of nitrogens with two attached hydrogens (primary N) is 2. The van der Waals surface area contributed by atoms with E-state index in [9.17, 15) is 18.0 Å². The van der Waals surface area contributed by atoms with E-state index in [1.54, 1.807) is 0 Å². The van der Waals surface area contributed by atoms with Gasteiger partial charge in [0.2, 0.25) is 11.8 Å². The largest absolute Gasteiger partial charge is 0.368 e. The lowest BCUT2D eigenvalue weighted by atomic mass is 9.99. The predicted molar refractivity (Wildman–Crippen MR) is 60.4 cm³/mol. The molecule has 2 amide bonds. The first-order valence-corrected chi connectivity index (χ1v) is 6.71. The summed E-state index contributed by atoms with van der Waals surface area (Å²) >= 11 is 0.